The van der Waals surface area contributed by atoms with Gasteiger partial charge in [-0.1, -0.05) is 83.1 Å². The molecule has 280 valence electrons. The molecule has 0 fully saturated rings. The fourth-order valence-electron chi connectivity index (χ4n) is 4.75. The van der Waals surface area contributed by atoms with Gasteiger partial charge < -0.3 is 19.3 Å². The zero-order valence-electron chi connectivity index (χ0n) is 32.3. The van der Waals surface area contributed by atoms with Crippen LogP contribution in [0.3, 0.4) is 0 Å². The Morgan fingerprint density at radius 3 is 1.70 bits per heavy atom. The molecule has 1 N–H and O–H groups in total. The molecule has 0 aromatic rings. The summed E-state index contributed by atoms with van der Waals surface area (Å²) in [6, 6.07) is 0. The number of allylic oxidation sites excluding steroid dienone is 12. The van der Waals surface area contributed by atoms with E-state index < -0.39 is 30.2 Å². The topological polar surface area (TPSA) is 116 Å². The van der Waals surface area contributed by atoms with E-state index in [1.165, 1.54) is 55.6 Å². The molecule has 1 rings (SSSR count). The van der Waals surface area contributed by atoms with E-state index in [1.807, 2.05) is 6.08 Å². The van der Waals surface area contributed by atoms with E-state index in [4.69, 9.17) is 14.6 Å². The fraction of sp³-hybridized carbons (Fsp3) is 0.524. The SMILES string of the molecule is C=CC(=C)CC/C=C(\C)CCC=C(C)C.COC(=O)/C=C/C(=O)CO.COC(=O)[C@@H]1CC=C(CC/C=C(\C)CCC=C(C)C)C[C@H]1C(=O)OC. The van der Waals surface area contributed by atoms with Crippen molar-refractivity contribution in [2.75, 3.05) is 27.9 Å². The van der Waals surface area contributed by atoms with Crippen molar-refractivity contribution in [2.24, 2.45) is 11.8 Å². The molecular weight excluding hydrogens is 632 g/mol. The molecule has 0 unspecified atom stereocenters. The lowest BCUT2D eigenvalue weighted by molar-refractivity contribution is -0.157. The summed E-state index contributed by atoms with van der Waals surface area (Å²) in [6.07, 6.45) is 24.6. The molecule has 1 aliphatic carbocycles. The highest BCUT2D eigenvalue weighted by atomic mass is 16.5. The van der Waals surface area contributed by atoms with Gasteiger partial charge in [0, 0.05) is 6.08 Å². The van der Waals surface area contributed by atoms with Crippen molar-refractivity contribution < 1.29 is 38.5 Å². The third-order valence-corrected chi connectivity index (χ3v) is 7.79. The van der Waals surface area contributed by atoms with E-state index in [2.05, 4.69) is 89.8 Å². The van der Waals surface area contributed by atoms with Crippen molar-refractivity contribution in [1.29, 1.82) is 0 Å². The number of ketones is 1. The van der Waals surface area contributed by atoms with E-state index >= 15 is 0 Å². The standard InChI is InChI=1S/C21H32O4.C15H24.C6H8O4/c1-15(2)8-6-9-16(3)10-7-11-17-12-13-18(20(22)24-4)19(14-17)21(23)25-5;1-6-14(4)10-8-12-15(5)11-7-9-13(2)3;1-10-6(9)3-2-5(8)4-7/h8,10,12,18-19H,6-7,9,11,13-14H2,1-5H3;6,9,12H,1,4,7-8,10-11H2,2-3,5H3;2-3,7H,4H2,1H3/b16-10+;15-12+;3-2+/t18-,19-;;/m1../s1. The molecule has 2 atom stereocenters. The number of esters is 3. The summed E-state index contributed by atoms with van der Waals surface area (Å²) in [4.78, 5) is 44.5. The van der Waals surface area contributed by atoms with E-state index in [9.17, 15) is 19.2 Å². The Balaban J connectivity index is 0. The second-order valence-corrected chi connectivity index (χ2v) is 12.7. The lowest BCUT2D eigenvalue weighted by atomic mass is 9.78. The number of carbonyl (C=O) groups is 4. The summed E-state index contributed by atoms with van der Waals surface area (Å²) in [5.74, 6) is -2.65. The van der Waals surface area contributed by atoms with Gasteiger partial charge in [0.15, 0.2) is 5.78 Å². The number of hydrogen-bond acceptors (Lipinski definition) is 8. The van der Waals surface area contributed by atoms with Gasteiger partial charge in [-0.3, -0.25) is 14.4 Å². The van der Waals surface area contributed by atoms with Crippen LogP contribution in [0.15, 0.2) is 95.2 Å². The van der Waals surface area contributed by atoms with Crippen LogP contribution in [0.1, 0.15) is 106 Å². The van der Waals surface area contributed by atoms with Crippen molar-refractivity contribution in [2.45, 2.75) is 106 Å². The molecule has 0 aromatic carbocycles. The van der Waals surface area contributed by atoms with Crippen LogP contribution in [0.4, 0.5) is 0 Å². The Labute approximate surface area is 302 Å². The maximum absolute atomic E-state index is 12.0. The molecule has 50 heavy (non-hydrogen) atoms. The second-order valence-electron chi connectivity index (χ2n) is 12.7. The number of hydrogen-bond donors (Lipinski definition) is 1. The summed E-state index contributed by atoms with van der Waals surface area (Å²) in [5, 5.41) is 8.17. The first-order valence-electron chi connectivity index (χ1n) is 17.3. The van der Waals surface area contributed by atoms with Crippen LogP contribution < -0.4 is 0 Å². The Morgan fingerprint density at radius 1 is 0.740 bits per heavy atom. The van der Waals surface area contributed by atoms with Gasteiger partial charge in [-0.2, -0.15) is 0 Å². The van der Waals surface area contributed by atoms with Crippen LogP contribution in [-0.4, -0.2) is 56.7 Å². The number of methoxy groups -OCH3 is 3. The zero-order valence-corrected chi connectivity index (χ0v) is 32.3. The molecule has 0 radical (unpaired) electrons. The highest BCUT2D eigenvalue weighted by Gasteiger charge is 2.37. The Bertz CT molecular complexity index is 1250. The van der Waals surface area contributed by atoms with Crippen LogP contribution in [0.25, 0.3) is 0 Å². The highest BCUT2D eigenvalue weighted by Crippen LogP contribution is 2.33. The smallest absolute Gasteiger partial charge is 0.330 e. The summed E-state index contributed by atoms with van der Waals surface area (Å²) >= 11 is 0. The lowest BCUT2D eigenvalue weighted by Crippen LogP contribution is -2.33. The fourth-order valence-corrected chi connectivity index (χ4v) is 4.75. The first-order chi connectivity index (χ1) is 23.6. The second kappa shape index (κ2) is 29.8. The normalized spacial score (nSPS) is 15.5. The van der Waals surface area contributed by atoms with Crippen molar-refractivity contribution in [3.8, 4) is 0 Å². The van der Waals surface area contributed by atoms with E-state index in [0.29, 0.717) is 12.8 Å². The summed E-state index contributed by atoms with van der Waals surface area (Å²) in [7, 11) is 3.93. The summed E-state index contributed by atoms with van der Waals surface area (Å²) < 4.78 is 13.9. The van der Waals surface area contributed by atoms with Gasteiger partial charge in [0.1, 0.15) is 6.61 Å². The number of ether oxygens (including phenoxy) is 3. The van der Waals surface area contributed by atoms with Crippen molar-refractivity contribution in [3.05, 3.63) is 95.2 Å². The van der Waals surface area contributed by atoms with E-state index in [-0.39, 0.29) is 11.9 Å². The van der Waals surface area contributed by atoms with Crippen LogP contribution in [0, 0.1) is 11.8 Å². The van der Waals surface area contributed by atoms with Gasteiger partial charge in [0.2, 0.25) is 0 Å². The predicted octanol–water partition coefficient (Wildman–Crippen LogP) is 9.24. The predicted molar refractivity (Wildman–Crippen MR) is 204 cm³/mol. The van der Waals surface area contributed by atoms with Crippen LogP contribution >= 0.6 is 0 Å². The first kappa shape index (κ1) is 48.1. The summed E-state index contributed by atoms with van der Waals surface area (Å²) in [6.45, 7) is 19.9. The number of aliphatic hydroxyl groups is 1. The van der Waals surface area contributed by atoms with Gasteiger partial charge in [-0.15, -0.1) is 0 Å². The largest absolute Gasteiger partial charge is 0.469 e. The third-order valence-electron chi connectivity index (χ3n) is 7.79. The molecule has 0 heterocycles. The maximum atomic E-state index is 12.0. The molecule has 0 amide bonds. The molecule has 0 saturated carbocycles. The molecule has 0 saturated heterocycles. The molecule has 8 nitrogen and oxygen atoms in total. The molecular formula is C42H64O8. The Hall–Kier alpha value is -4.04. The van der Waals surface area contributed by atoms with Gasteiger partial charge >= 0.3 is 17.9 Å². The maximum Gasteiger partial charge on any atom is 0.330 e. The highest BCUT2D eigenvalue weighted by molar-refractivity contribution is 5.96. The third kappa shape index (κ3) is 25.9. The Morgan fingerprint density at radius 2 is 1.24 bits per heavy atom. The average molecular weight is 697 g/mol. The van der Waals surface area contributed by atoms with Gasteiger partial charge in [-0.05, 0) is 112 Å². The molecule has 8 heteroatoms. The van der Waals surface area contributed by atoms with Gasteiger partial charge in [0.05, 0.1) is 33.2 Å². The van der Waals surface area contributed by atoms with Crippen molar-refractivity contribution >= 4 is 23.7 Å². The van der Waals surface area contributed by atoms with Gasteiger partial charge in [-0.25, -0.2) is 4.79 Å². The number of rotatable bonds is 18. The number of carbonyl (C=O) groups excluding carboxylic acids is 4. The van der Waals surface area contributed by atoms with Crippen molar-refractivity contribution in [3.63, 3.8) is 0 Å². The van der Waals surface area contributed by atoms with Crippen LogP contribution in [-0.2, 0) is 33.4 Å². The molecule has 0 aromatic heterocycles. The van der Waals surface area contributed by atoms with E-state index in [0.717, 1.165) is 62.7 Å². The van der Waals surface area contributed by atoms with Crippen LogP contribution in [0.5, 0.6) is 0 Å². The lowest BCUT2D eigenvalue weighted by Gasteiger charge is -2.27. The Kier molecular flexibility index (Phi) is 28.7. The minimum atomic E-state index is -0.609. The average Bonchev–Trinajstić information content (AvgIpc) is 3.09. The molecule has 0 aliphatic heterocycles. The molecule has 0 bridgehead atoms. The van der Waals surface area contributed by atoms with E-state index in [1.54, 1.807) is 0 Å². The van der Waals surface area contributed by atoms with Gasteiger partial charge in [0.25, 0.3) is 0 Å². The summed E-state index contributed by atoms with van der Waals surface area (Å²) in [5.41, 5.74) is 7.99. The van der Waals surface area contributed by atoms with Crippen molar-refractivity contribution in [1.82, 2.24) is 0 Å². The molecule has 1 aliphatic rings. The monoisotopic (exact) mass is 696 g/mol. The molecule has 0 spiro atoms. The quantitative estimate of drug-likeness (QED) is 0.0496. The number of aliphatic hydroxyl groups excluding tert-OH is 1. The van der Waals surface area contributed by atoms with Crippen LogP contribution in [0.2, 0.25) is 0 Å². The minimum Gasteiger partial charge on any atom is -0.469 e. The first-order valence-corrected chi connectivity index (χ1v) is 17.3. The zero-order chi connectivity index (χ0) is 38.5. The minimum absolute atomic E-state index is 0.325.